The third-order valence-electron chi connectivity index (χ3n) is 11.2. The number of pyridine rings is 1. The van der Waals surface area contributed by atoms with Crippen LogP contribution in [0.25, 0.3) is 89.6 Å². The van der Waals surface area contributed by atoms with Gasteiger partial charge in [-0.15, -0.1) is 0 Å². The second-order valence-corrected chi connectivity index (χ2v) is 15.2. The van der Waals surface area contributed by atoms with Crippen molar-refractivity contribution in [2.24, 2.45) is 0 Å². The Morgan fingerprint density at radius 3 is 1.64 bits per heavy atom. The highest BCUT2D eigenvalue weighted by molar-refractivity contribution is 6.09. The van der Waals surface area contributed by atoms with Gasteiger partial charge in [-0.1, -0.05) is 147 Å². The minimum atomic E-state index is -0.163. The maximum Gasteiger partial charge on any atom is 0.164 e. The van der Waals surface area contributed by atoms with Gasteiger partial charge < -0.3 is 0 Å². The zero-order valence-corrected chi connectivity index (χ0v) is 31.5. The molecule has 1 aliphatic rings. The molecule has 0 spiro atoms. The Morgan fingerprint density at radius 2 is 0.946 bits per heavy atom. The van der Waals surface area contributed by atoms with Crippen LogP contribution >= 0.6 is 0 Å². The maximum absolute atomic E-state index is 5.18. The molecule has 0 atom stereocenters. The van der Waals surface area contributed by atoms with E-state index in [4.69, 9.17) is 19.9 Å². The van der Waals surface area contributed by atoms with Crippen molar-refractivity contribution in [1.29, 1.82) is 0 Å². The van der Waals surface area contributed by atoms with Crippen molar-refractivity contribution in [2.75, 3.05) is 0 Å². The lowest BCUT2D eigenvalue weighted by atomic mass is 9.80. The van der Waals surface area contributed by atoms with E-state index < -0.39 is 0 Å². The highest BCUT2D eigenvalue weighted by atomic mass is 15.0. The molecule has 7 aromatic carbocycles. The van der Waals surface area contributed by atoms with Crippen LogP contribution in [0.1, 0.15) is 30.5 Å². The van der Waals surface area contributed by atoms with Gasteiger partial charge in [0.25, 0.3) is 0 Å². The molecule has 4 heteroatoms. The van der Waals surface area contributed by atoms with Crippen LogP contribution in [0.4, 0.5) is 0 Å². The normalized spacial score (nSPS) is 12.7. The summed E-state index contributed by atoms with van der Waals surface area (Å²) in [5.41, 5.74) is 15.6. The molecule has 56 heavy (non-hydrogen) atoms. The first-order valence-electron chi connectivity index (χ1n) is 19.1. The smallest absolute Gasteiger partial charge is 0.164 e. The van der Waals surface area contributed by atoms with Gasteiger partial charge in [0.1, 0.15) is 0 Å². The summed E-state index contributed by atoms with van der Waals surface area (Å²) in [6, 6.07) is 60.2. The molecular formula is C52H38N4. The van der Waals surface area contributed by atoms with Crippen LogP contribution < -0.4 is 0 Å². The highest BCUT2D eigenvalue weighted by Crippen LogP contribution is 2.53. The Hall–Kier alpha value is -7.04. The molecule has 0 N–H and O–H groups in total. The molecule has 0 radical (unpaired) electrons. The first-order valence-corrected chi connectivity index (χ1v) is 19.1. The van der Waals surface area contributed by atoms with Gasteiger partial charge in [-0.3, -0.25) is 4.98 Å². The molecule has 0 unspecified atom stereocenters. The van der Waals surface area contributed by atoms with Crippen molar-refractivity contribution in [3.63, 3.8) is 0 Å². The van der Waals surface area contributed by atoms with Crippen LogP contribution in [-0.4, -0.2) is 19.9 Å². The van der Waals surface area contributed by atoms with Crippen LogP contribution in [0.15, 0.2) is 176 Å². The Labute approximate surface area is 327 Å². The molecule has 10 rings (SSSR count). The van der Waals surface area contributed by atoms with Gasteiger partial charge in [0.05, 0.1) is 5.69 Å². The summed E-state index contributed by atoms with van der Waals surface area (Å²) in [5.74, 6) is 1.89. The second-order valence-electron chi connectivity index (χ2n) is 15.2. The van der Waals surface area contributed by atoms with Gasteiger partial charge in [0.15, 0.2) is 17.5 Å². The van der Waals surface area contributed by atoms with Gasteiger partial charge in [-0.25, -0.2) is 15.0 Å². The summed E-state index contributed by atoms with van der Waals surface area (Å²) in [6.45, 7) is 6.77. The van der Waals surface area contributed by atoms with Gasteiger partial charge in [-0.2, -0.15) is 0 Å². The molecule has 2 heterocycles. The van der Waals surface area contributed by atoms with Crippen LogP contribution in [0.2, 0.25) is 0 Å². The summed E-state index contributed by atoms with van der Waals surface area (Å²) in [6.07, 6.45) is 1.93. The topological polar surface area (TPSA) is 51.6 Å². The molecule has 0 fully saturated rings. The minimum Gasteiger partial charge on any atom is -0.256 e. The van der Waals surface area contributed by atoms with E-state index in [0.717, 1.165) is 50.2 Å². The molecular weight excluding hydrogens is 681 g/mol. The number of rotatable bonds is 6. The van der Waals surface area contributed by atoms with E-state index in [1.54, 1.807) is 0 Å². The lowest BCUT2D eigenvalue weighted by Crippen LogP contribution is -2.15. The van der Waals surface area contributed by atoms with Crippen molar-refractivity contribution in [2.45, 2.75) is 26.2 Å². The third kappa shape index (κ3) is 5.78. The monoisotopic (exact) mass is 718 g/mol. The fraction of sp³-hybridized carbons (Fsp3) is 0.0769. The average Bonchev–Trinajstić information content (AvgIpc) is 3.49. The third-order valence-corrected chi connectivity index (χ3v) is 11.2. The Balaban J connectivity index is 1.24. The Kier molecular flexibility index (Phi) is 8.00. The lowest BCUT2D eigenvalue weighted by molar-refractivity contribution is 0.661. The zero-order valence-electron chi connectivity index (χ0n) is 31.5. The second kappa shape index (κ2) is 13.4. The summed E-state index contributed by atoms with van der Waals surface area (Å²) >= 11 is 0. The van der Waals surface area contributed by atoms with Crippen LogP contribution in [-0.2, 0) is 5.41 Å². The van der Waals surface area contributed by atoms with Crippen molar-refractivity contribution in [3.05, 3.63) is 193 Å². The van der Waals surface area contributed by atoms with Gasteiger partial charge in [0.2, 0.25) is 0 Å². The molecule has 0 aliphatic heterocycles. The van der Waals surface area contributed by atoms with E-state index in [1.807, 2.05) is 42.6 Å². The molecule has 9 aromatic rings. The van der Waals surface area contributed by atoms with E-state index in [1.165, 1.54) is 38.6 Å². The molecule has 0 bridgehead atoms. The zero-order chi connectivity index (χ0) is 37.8. The quantitative estimate of drug-likeness (QED) is 0.172. The largest absolute Gasteiger partial charge is 0.256 e. The average molecular weight is 719 g/mol. The maximum atomic E-state index is 5.18. The van der Waals surface area contributed by atoms with E-state index in [2.05, 4.69) is 154 Å². The summed E-state index contributed by atoms with van der Waals surface area (Å²) in [4.78, 5) is 20.1. The van der Waals surface area contributed by atoms with Crippen molar-refractivity contribution in [3.8, 4) is 78.8 Å². The summed E-state index contributed by atoms with van der Waals surface area (Å²) in [7, 11) is 0. The summed E-state index contributed by atoms with van der Waals surface area (Å²) < 4.78 is 0. The van der Waals surface area contributed by atoms with Crippen LogP contribution in [0.3, 0.4) is 0 Å². The van der Waals surface area contributed by atoms with Crippen molar-refractivity contribution < 1.29 is 0 Å². The minimum absolute atomic E-state index is 0.163. The Morgan fingerprint density at radius 1 is 0.393 bits per heavy atom. The standard InChI is InChI=1S/C52H38N4/c1-33-25-26-47(53-32-33)37-20-14-19-36(27-37)38-28-39(44-31-46-48(42-22-11-10-21-41(42)44)43-23-12-13-24-45(43)52(46,2)3)30-40(29-38)51-55-49(34-15-6-4-7-16-34)54-50(56-51)35-17-8-5-9-18-35/h4-32H,1-3H3. The van der Waals surface area contributed by atoms with Crippen LogP contribution in [0.5, 0.6) is 0 Å². The number of fused-ring (bicyclic) bond motifs is 5. The van der Waals surface area contributed by atoms with Crippen molar-refractivity contribution in [1.82, 2.24) is 19.9 Å². The predicted octanol–water partition coefficient (Wildman–Crippen LogP) is 13.0. The fourth-order valence-corrected chi connectivity index (χ4v) is 8.30. The van der Waals surface area contributed by atoms with E-state index in [-0.39, 0.29) is 5.41 Å². The van der Waals surface area contributed by atoms with Crippen LogP contribution in [0, 0.1) is 6.92 Å². The number of hydrogen-bond acceptors (Lipinski definition) is 4. The number of hydrogen-bond donors (Lipinski definition) is 0. The number of benzene rings is 7. The molecule has 0 saturated carbocycles. The lowest BCUT2D eigenvalue weighted by Gasteiger charge is -2.23. The van der Waals surface area contributed by atoms with E-state index in [0.29, 0.717) is 17.5 Å². The van der Waals surface area contributed by atoms with Gasteiger partial charge in [-0.05, 0) is 104 Å². The van der Waals surface area contributed by atoms with E-state index >= 15 is 0 Å². The SMILES string of the molecule is Cc1ccc(-c2cccc(-c3cc(-c4nc(-c5ccccc5)nc(-c5ccccc5)n4)cc(-c4cc5c(c6ccccc46)-c4ccccc4C5(C)C)c3)c2)nc1. The van der Waals surface area contributed by atoms with Gasteiger partial charge >= 0.3 is 0 Å². The highest BCUT2D eigenvalue weighted by Gasteiger charge is 2.37. The number of aryl methyl sites for hydroxylation is 1. The molecule has 4 nitrogen and oxygen atoms in total. The number of nitrogens with zero attached hydrogens (tertiary/aromatic N) is 4. The first kappa shape index (κ1) is 33.5. The fourth-order valence-electron chi connectivity index (χ4n) is 8.30. The molecule has 2 aromatic heterocycles. The molecule has 1 aliphatic carbocycles. The molecule has 0 saturated heterocycles. The molecule has 0 amide bonds. The summed E-state index contributed by atoms with van der Waals surface area (Å²) in [5, 5.41) is 2.47. The van der Waals surface area contributed by atoms with E-state index in [9.17, 15) is 0 Å². The predicted molar refractivity (Wildman–Crippen MR) is 230 cm³/mol. The van der Waals surface area contributed by atoms with Gasteiger partial charge in [0, 0.05) is 33.9 Å². The molecule has 266 valence electrons. The van der Waals surface area contributed by atoms with Crippen molar-refractivity contribution >= 4 is 10.8 Å². The number of aromatic nitrogens is 4. The Bertz CT molecular complexity index is 2870. The first-order chi connectivity index (χ1) is 27.4.